The highest BCUT2D eigenvalue weighted by Crippen LogP contribution is 2.28. The van der Waals surface area contributed by atoms with Crippen molar-refractivity contribution < 1.29 is 15.0 Å². The lowest BCUT2D eigenvalue weighted by molar-refractivity contribution is 0.102. The third-order valence-corrected chi connectivity index (χ3v) is 2.79. The predicted octanol–water partition coefficient (Wildman–Crippen LogP) is 2.45. The molecule has 6 nitrogen and oxygen atoms in total. The summed E-state index contributed by atoms with van der Waals surface area (Å²) in [6.07, 6.45) is 1.15. The maximum absolute atomic E-state index is 11.9. The van der Waals surface area contributed by atoms with Crippen LogP contribution in [0.3, 0.4) is 0 Å². The molecule has 19 heavy (non-hydrogen) atoms. The topological polar surface area (TPSA) is 95.3 Å². The lowest BCUT2D eigenvalue weighted by atomic mass is 10.2. The molecule has 1 heterocycles. The minimum atomic E-state index is -0.656. The van der Waals surface area contributed by atoms with Crippen molar-refractivity contribution in [2.75, 3.05) is 5.32 Å². The van der Waals surface area contributed by atoms with Gasteiger partial charge in [-0.2, -0.15) is 0 Å². The van der Waals surface area contributed by atoms with Gasteiger partial charge in [-0.1, -0.05) is 23.2 Å². The monoisotopic (exact) mass is 299 g/mol. The van der Waals surface area contributed by atoms with Crippen molar-refractivity contribution >= 4 is 34.8 Å². The van der Waals surface area contributed by atoms with E-state index in [1.807, 2.05) is 0 Å². The molecule has 0 aliphatic carbocycles. The molecular formula is C11H7Cl2N3O3. The van der Waals surface area contributed by atoms with Gasteiger partial charge < -0.3 is 15.5 Å². The molecule has 3 N–H and O–H groups in total. The molecule has 1 aromatic heterocycles. The maximum atomic E-state index is 11.9. The van der Waals surface area contributed by atoms with Gasteiger partial charge >= 0.3 is 0 Å². The number of nitrogens with one attached hydrogen (secondary N) is 1. The number of hydrogen-bond acceptors (Lipinski definition) is 5. The van der Waals surface area contributed by atoms with Crippen LogP contribution in [0.1, 0.15) is 10.4 Å². The molecule has 0 aliphatic heterocycles. The number of carbonyl (C=O) groups excluding carboxylic acids is 1. The number of nitrogens with zero attached hydrogens (tertiary/aromatic N) is 2. The predicted molar refractivity (Wildman–Crippen MR) is 69.8 cm³/mol. The Labute approximate surface area is 117 Å². The van der Waals surface area contributed by atoms with Gasteiger partial charge in [-0.25, -0.2) is 9.97 Å². The quantitative estimate of drug-likeness (QED) is 0.740. The first-order chi connectivity index (χ1) is 8.99. The molecule has 0 bridgehead atoms. The van der Waals surface area contributed by atoms with Crippen LogP contribution in [0.15, 0.2) is 24.5 Å². The molecule has 0 fully saturated rings. The molecule has 0 saturated heterocycles. The second-order valence-corrected chi connectivity index (χ2v) is 4.20. The molecule has 0 saturated carbocycles. The van der Waals surface area contributed by atoms with Gasteiger partial charge in [0.15, 0.2) is 10.3 Å². The summed E-state index contributed by atoms with van der Waals surface area (Å²) in [4.78, 5) is 19.3. The Morgan fingerprint density at radius 3 is 2.37 bits per heavy atom. The van der Waals surface area contributed by atoms with E-state index in [0.29, 0.717) is 0 Å². The van der Waals surface area contributed by atoms with Crippen LogP contribution < -0.4 is 5.32 Å². The lowest BCUT2D eigenvalue weighted by Crippen LogP contribution is -2.13. The number of phenols is 2. The van der Waals surface area contributed by atoms with Gasteiger partial charge in [0.05, 0.1) is 5.56 Å². The third-order valence-electron chi connectivity index (χ3n) is 2.22. The number of halogens is 2. The standard InChI is InChI=1S/C11H7Cl2N3O3/c12-9-8(10(13)15-4-14-9)16-11(19)6-2-1-5(17)3-7(6)18/h1-4,17-18H,(H,16,19). The van der Waals surface area contributed by atoms with Gasteiger partial charge in [0.25, 0.3) is 5.91 Å². The molecule has 1 aromatic carbocycles. The number of carbonyl (C=O) groups is 1. The van der Waals surface area contributed by atoms with Gasteiger partial charge in [-0.15, -0.1) is 0 Å². The molecule has 98 valence electrons. The Morgan fingerprint density at radius 2 is 1.79 bits per heavy atom. The van der Waals surface area contributed by atoms with Gasteiger partial charge in [0.2, 0.25) is 0 Å². The van der Waals surface area contributed by atoms with Crippen LogP contribution in [-0.4, -0.2) is 26.1 Å². The number of aromatic hydroxyl groups is 2. The number of aromatic nitrogens is 2. The van der Waals surface area contributed by atoms with Gasteiger partial charge in [0, 0.05) is 6.07 Å². The molecule has 0 unspecified atom stereocenters. The van der Waals surface area contributed by atoms with Crippen LogP contribution in [0.2, 0.25) is 10.3 Å². The summed E-state index contributed by atoms with van der Waals surface area (Å²) in [5.41, 5.74) is -0.00269. The molecule has 2 aromatic rings. The van der Waals surface area contributed by atoms with Crippen LogP contribution in [0.5, 0.6) is 11.5 Å². The second-order valence-electron chi connectivity index (χ2n) is 3.49. The SMILES string of the molecule is O=C(Nc1c(Cl)ncnc1Cl)c1ccc(O)cc1O. The number of benzene rings is 1. The van der Waals surface area contributed by atoms with E-state index in [-0.39, 0.29) is 33.1 Å². The average molecular weight is 300 g/mol. The Morgan fingerprint density at radius 1 is 1.16 bits per heavy atom. The van der Waals surface area contributed by atoms with Crippen LogP contribution in [-0.2, 0) is 0 Å². The zero-order valence-electron chi connectivity index (χ0n) is 9.26. The Kier molecular flexibility index (Phi) is 3.73. The normalized spacial score (nSPS) is 10.2. The van der Waals surface area contributed by atoms with E-state index >= 15 is 0 Å². The molecule has 2 rings (SSSR count). The van der Waals surface area contributed by atoms with Crippen molar-refractivity contribution in [2.45, 2.75) is 0 Å². The van der Waals surface area contributed by atoms with Gasteiger partial charge in [-0.3, -0.25) is 4.79 Å². The average Bonchev–Trinajstić information content (AvgIpc) is 2.33. The molecule has 0 spiro atoms. The fourth-order valence-corrected chi connectivity index (χ4v) is 1.75. The minimum absolute atomic E-state index is 0.0216. The number of amides is 1. The van der Waals surface area contributed by atoms with Crippen molar-refractivity contribution in [3.63, 3.8) is 0 Å². The number of phenolic OH excluding ortho intramolecular Hbond substituents is 2. The van der Waals surface area contributed by atoms with E-state index in [4.69, 9.17) is 28.3 Å². The zero-order valence-corrected chi connectivity index (χ0v) is 10.8. The summed E-state index contributed by atoms with van der Waals surface area (Å²) in [6, 6.07) is 3.56. The summed E-state index contributed by atoms with van der Waals surface area (Å²) in [5, 5.41) is 21.0. The van der Waals surface area contributed by atoms with Crippen LogP contribution in [0.4, 0.5) is 5.69 Å². The fraction of sp³-hybridized carbons (Fsp3) is 0. The van der Waals surface area contributed by atoms with Crippen molar-refractivity contribution in [1.82, 2.24) is 9.97 Å². The van der Waals surface area contributed by atoms with E-state index in [9.17, 15) is 9.90 Å². The van der Waals surface area contributed by atoms with Crippen molar-refractivity contribution in [2.24, 2.45) is 0 Å². The molecule has 8 heteroatoms. The first kappa shape index (κ1) is 13.4. The second kappa shape index (κ2) is 5.29. The Bertz CT molecular complexity index is 629. The molecule has 1 amide bonds. The Hall–Kier alpha value is -2.05. The van der Waals surface area contributed by atoms with E-state index in [1.165, 1.54) is 12.1 Å². The first-order valence-electron chi connectivity index (χ1n) is 4.98. The highest BCUT2D eigenvalue weighted by Gasteiger charge is 2.16. The summed E-state index contributed by atoms with van der Waals surface area (Å²) in [6.45, 7) is 0. The van der Waals surface area contributed by atoms with Gasteiger partial charge in [0.1, 0.15) is 23.5 Å². The number of rotatable bonds is 2. The number of anilines is 1. The minimum Gasteiger partial charge on any atom is -0.508 e. The fourth-order valence-electron chi connectivity index (χ4n) is 1.34. The van der Waals surface area contributed by atoms with E-state index in [2.05, 4.69) is 15.3 Å². The summed E-state index contributed by atoms with van der Waals surface area (Å²) in [5.74, 6) is -1.19. The third kappa shape index (κ3) is 2.86. The highest BCUT2D eigenvalue weighted by atomic mass is 35.5. The van der Waals surface area contributed by atoms with Crippen LogP contribution in [0, 0.1) is 0 Å². The summed E-state index contributed by atoms with van der Waals surface area (Å²) < 4.78 is 0. The largest absolute Gasteiger partial charge is 0.508 e. The zero-order chi connectivity index (χ0) is 14.0. The number of hydrogen-bond donors (Lipinski definition) is 3. The summed E-state index contributed by atoms with van der Waals surface area (Å²) in [7, 11) is 0. The van der Waals surface area contributed by atoms with Gasteiger partial charge in [-0.05, 0) is 12.1 Å². The molecule has 0 aliphatic rings. The van der Waals surface area contributed by atoms with Crippen LogP contribution >= 0.6 is 23.2 Å². The van der Waals surface area contributed by atoms with E-state index in [0.717, 1.165) is 12.4 Å². The molecule has 0 atom stereocenters. The van der Waals surface area contributed by atoms with E-state index < -0.39 is 5.91 Å². The summed E-state index contributed by atoms with van der Waals surface area (Å²) >= 11 is 11.5. The smallest absolute Gasteiger partial charge is 0.259 e. The van der Waals surface area contributed by atoms with Crippen molar-refractivity contribution in [3.05, 3.63) is 40.4 Å². The maximum Gasteiger partial charge on any atom is 0.259 e. The van der Waals surface area contributed by atoms with E-state index in [1.54, 1.807) is 0 Å². The Balaban J connectivity index is 2.31. The first-order valence-corrected chi connectivity index (χ1v) is 5.74. The van der Waals surface area contributed by atoms with Crippen molar-refractivity contribution in [3.8, 4) is 11.5 Å². The van der Waals surface area contributed by atoms with Crippen LogP contribution in [0.25, 0.3) is 0 Å². The van der Waals surface area contributed by atoms with Crippen molar-refractivity contribution in [1.29, 1.82) is 0 Å². The lowest BCUT2D eigenvalue weighted by Gasteiger charge is -2.08. The molecular weight excluding hydrogens is 293 g/mol. The molecule has 0 radical (unpaired) electrons. The highest BCUT2D eigenvalue weighted by molar-refractivity contribution is 6.38.